The smallest absolute Gasteiger partial charge is 0.315 e. The molecule has 2 amide bonds. The van der Waals surface area contributed by atoms with Gasteiger partial charge in [0.1, 0.15) is 0 Å². The van der Waals surface area contributed by atoms with Crippen molar-refractivity contribution < 1.29 is 14.7 Å². The maximum absolute atomic E-state index is 11.5. The van der Waals surface area contributed by atoms with E-state index in [4.69, 9.17) is 5.11 Å². The molecule has 16 heavy (non-hydrogen) atoms. The Morgan fingerprint density at radius 1 is 1.31 bits per heavy atom. The number of rotatable bonds is 4. The van der Waals surface area contributed by atoms with Gasteiger partial charge in [0.2, 0.25) is 0 Å². The van der Waals surface area contributed by atoms with Gasteiger partial charge < -0.3 is 15.7 Å². The lowest BCUT2D eigenvalue weighted by Gasteiger charge is -2.20. The van der Waals surface area contributed by atoms with E-state index >= 15 is 0 Å². The van der Waals surface area contributed by atoms with Crippen molar-refractivity contribution in [1.29, 1.82) is 0 Å². The molecule has 0 aromatic rings. The van der Waals surface area contributed by atoms with Gasteiger partial charge in [-0.25, -0.2) is 4.79 Å². The quantitative estimate of drug-likeness (QED) is 0.628. The van der Waals surface area contributed by atoms with Crippen LogP contribution in [0.5, 0.6) is 0 Å². The third kappa shape index (κ3) is 3.56. The molecule has 0 aromatic carbocycles. The number of aliphatic carboxylic acids is 1. The maximum atomic E-state index is 11.5. The molecule has 0 saturated heterocycles. The Hall–Kier alpha value is -1.52. The Labute approximate surface area is 94.9 Å². The Morgan fingerprint density at radius 3 is 2.38 bits per heavy atom. The molecule has 0 spiro atoms. The van der Waals surface area contributed by atoms with Crippen LogP contribution in [0.1, 0.15) is 26.7 Å². The molecule has 3 N–H and O–H groups in total. The Morgan fingerprint density at radius 2 is 1.88 bits per heavy atom. The summed E-state index contributed by atoms with van der Waals surface area (Å²) in [5.41, 5.74) is 0. The molecule has 1 aliphatic carbocycles. The molecule has 1 aliphatic rings. The number of urea groups is 1. The Bertz CT molecular complexity index is 294. The summed E-state index contributed by atoms with van der Waals surface area (Å²) < 4.78 is 0. The molecule has 0 saturated carbocycles. The van der Waals surface area contributed by atoms with Crippen molar-refractivity contribution in [1.82, 2.24) is 10.6 Å². The third-order valence-electron chi connectivity index (χ3n) is 2.84. The van der Waals surface area contributed by atoms with E-state index in [9.17, 15) is 9.59 Å². The van der Waals surface area contributed by atoms with Gasteiger partial charge in [-0.15, -0.1) is 0 Å². The van der Waals surface area contributed by atoms with Gasteiger partial charge >= 0.3 is 12.0 Å². The van der Waals surface area contributed by atoms with Crippen molar-refractivity contribution in [2.24, 2.45) is 5.92 Å². The highest BCUT2D eigenvalue weighted by Crippen LogP contribution is 2.09. The van der Waals surface area contributed by atoms with Crippen LogP contribution in [-0.2, 0) is 4.79 Å². The highest BCUT2D eigenvalue weighted by atomic mass is 16.4. The summed E-state index contributed by atoms with van der Waals surface area (Å²) in [7, 11) is 0. The lowest BCUT2D eigenvalue weighted by molar-refractivity contribution is -0.141. The molecular weight excluding hydrogens is 208 g/mol. The number of carboxylic acid groups (broad SMARTS) is 1. The van der Waals surface area contributed by atoms with Crippen molar-refractivity contribution in [3.63, 3.8) is 0 Å². The predicted octanol–water partition coefficient (Wildman–Crippen LogP) is 1.11. The maximum Gasteiger partial charge on any atom is 0.315 e. The van der Waals surface area contributed by atoms with Crippen molar-refractivity contribution in [2.45, 2.75) is 38.8 Å². The van der Waals surface area contributed by atoms with Crippen LogP contribution in [0.4, 0.5) is 4.79 Å². The van der Waals surface area contributed by atoms with Gasteiger partial charge in [0.15, 0.2) is 0 Å². The van der Waals surface area contributed by atoms with Gasteiger partial charge in [0, 0.05) is 12.1 Å². The van der Waals surface area contributed by atoms with Gasteiger partial charge in [-0.05, 0) is 26.7 Å². The minimum atomic E-state index is -0.907. The van der Waals surface area contributed by atoms with E-state index in [0.29, 0.717) is 0 Å². The first kappa shape index (κ1) is 12.5. The number of carbonyl (C=O) groups excluding carboxylic acids is 1. The first-order valence-electron chi connectivity index (χ1n) is 5.45. The van der Waals surface area contributed by atoms with Crippen molar-refractivity contribution in [3.8, 4) is 0 Å². The van der Waals surface area contributed by atoms with Crippen LogP contribution < -0.4 is 10.6 Å². The normalized spacial score (nSPS) is 19.1. The number of carbonyl (C=O) groups is 2. The van der Waals surface area contributed by atoms with E-state index in [-0.39, 0.29) is 18.1 Å². The molecule has 0 bridgehead atoms. The Balaban J connectivity index is 2.30. The predicted molar refractivity (Wildman–Crippen MR) is 60.1 cm³/mol. The van der Waals surface area contributed by atoms with Gasteiger partial charge in [-0.3, -0.25) is 4.79 Å². The molecule has 1 rings (SSSR count). The number of carboxylic acids is 1. The summed E-state index contributed by atoms with van der Waals surface area (Å²) in [6, 6.07) is -0.534. The molecule has 2 unspecified atom stereocenters. The second-order valence-electron chi connectivity index (χ2n) is 4.17. The van der Waals surface area contributed by atoms with Crippen LogP contribution >= 0.6 is 0 Å². The molecule has 2 atom stereocenters. The number of amides is 2. The number of hydrogen-bond acceptors (Lipinski definition) is 2. The second-order valence-corrected chi connectivity index (χ2v) is 4.17. The summed E-state index contributed by atoms with van der Waals surface area (Å²) in [6.07, 6.45) is 5.73. The zero-order valence-corrected chi connectivity index (χ0v) is 9.56. The van der Waals surface area contributed by atoms with Crippen LogP contribution in [0, 0.1) is 5.92 Å². The zero-order chi connectivity index (χ0) is 12.1. The lowest BCUT2D eigenvalue weighted by atomic mass is 10.0. The van der Waals surface area contributed by atoms with Gasteiger partial charge in [0.25, 0.3) is 0 Å². The van der Waals surface area contributed by atoms with Crippen molar-refractivity contribution >= 4 is 12.0 Å². The third-order valence-corrected chi connectivity index (χ3v) is 2.84. The van der Waals surface area contributed by atoms with E-state index < -0.39 is 11.9 Å². The minimum absolute atomic E-state index is 0.146. The monoisotopic (exact) mass is 226 g/mol. The van der Waals surface area contributed by atoms with Crippen LogP contribution in [0.2, 0.25) is 0 Å². The SMILES string of the molecule is CC(NC(=O)NC1CC=CC1)C(C)C(=O)O. The lowest BCUT2D eigenvalue weighted by Crippen LogP contribution is -2.47. The van der Waals surface area contributed by atoms with Crippen LogP contribution in [0.25, 0.3) is 0 Å². The molecule has 0 heterocycles. The fraction of sp³-hybridized carbons (Fsp3) is 0.636. The van der Waals surface area contributed by atoms with Gasteiger partial charge in [-0.2, -0.15) is 0 Å². The van der Waals surface area contributed by atoms with E-state index in [1.807, 2.05) is 12.2 Å². The average molecular weight is 226 g/mol. The molecule has 5 nitrogen and oxygen atoms in total. The summed E-state index contributed by atoms with van der Waals surface area (Å²) in [5, 5.41) is 14.2. The van der Waals surface area contributed by atoms with Crippen LogP contribution in [0.15, 0.2) is 12.2 Å². The van der Waals surface area contributed by atoms with Gasteiger partial charge in [-0.1, -0.05) is 12.2 Å². The molecule has 90 valence electrons. The van der Waals surface area contributed by atoms with Crippen molar-refractivity contribution in [2.75, 3.05) is 0 Å². The number of nitrogens with one attached hydrogen (secondary N) is 2. The first-order chi connectivity index (χ1) is 7.50. The molecule has 0 aromatic heterocycles. The first-order valence-corrected chi connectivity index (χ1v) is 5.45. The molecule has 5 heteroatoms. The highest BCUT2D eigenvalue weighted by Gasteiger charge is 2.22. The van der Waals surface area contributed by atoms with Gasteiger partial charge in [0.05, 0.1) is 5.92 Å². The minimum Gasteiger partial charge on any atom is -0.481 e. The average Bonchev–Trinajstić information content (AvgIpc) is 2.68. The molecule has 0 fully saturated rings. The van der Waals surface area contributed by atoms with E-state index in [0.717, 1.165) is 12.8 Å². The summed E-state index contributed by atoms with van der Waals surface area (Å²) in [6.45, 7) is 3.26. The largest absolute Gasteiger partial charge is 0.481 e. The molecule has 0 aliphatic heterocycles. The Kier molecular flexibility index (Phi) is 4.34. The highest BCUT2D eigenvalue weighted by molar-refractivity contribution is 5.76. The summed E-state index contributed by atoms with van der Waals surface area (Å²) >= 11 is 0. The molecular formula is C11H18N2O3. The van der Waals surface area contributed by atoms with E-state index in [2.05, 4.69) is 10.6 Å². The van der Waals surface area contributed by atoms with E-state index in [1.54, 1.807) is 13.8 Å². The van der Waals surface area contributed by atoms with Crippen LogP contribution in [0.3, 0.4) is 0 Å². The van der Waals surface area contributed by atoms with Crippen molar-refractivity contribution in [3.05, 3.63) is 12.2 Å². The zero-order valence-electron chi connectivity index (χ0n) is 9.56. The fourth-order valence-corrected chi connectivity index (χ4v) is 1.51. The summed E-state index contributed by atoms with van der Waals surface area (Å²) in [4.78, 5) is 22.2. The second kappa shape index (κ2) is 5.53. The standard InChI is InChI=1S/C11H18N2O3/c1-7(10(14)15)8(2)12-11(16)13-9-5-3-4-6-9/h3-4,7-9H,5-6H2,1-2H3,(H,14,15)(H2,12,13,16). The summed E-state index contributed by atoms with van der Waals surface area (Å²) in [5.74, 6) is -1.50. The molecule has 0 radical (unpaired) electrons. The topological polar surface area (TPSA) is 78.4 Å². The number of hydrogen-bond donors (Lipinski definition) is 3. The van der Waals surface area contributed by atoms with E-state index in [1.165, 1.54) is 0 Å². The fourth-order valence-electron chi connectivity index (χ4n) is 1.51. The van der Waals surface area contributed by atoms with Crippen LogP contribution in [-0.4, -0.2) is 29.2 Å².